The van der Waals surface area contributed by atoms with E-state index in [1.165, 1.54) is 33.7 Å². The van der Waals surface area contributed by atoms with Crippen LogP contribution >= 0.6 is 22.7 Å². The molecule has 0 saturated heterocycles. The van der Waals surface area contributed by atoms with Crippen LogP contribution in [0, 0.1) is 6.92 Å². The van der Waals surface area contributed by atoms with Crippen LogP contribution in [0.3, 0.4) is 0 Å². The molecule has 0 radical (unpaired) electrons. The Hall–Kier alpha value is -2.71. The lowest BCUT2D eigenvalue weighted by atomic mass is 9.96. The molecule has 26 heavy (non-hydrogen) atoms. The summed E-state index contributed by atoms with van der Waals surface area (Å²) >= 11 is 3.00. The summed E-state index contributed by atoms with van der Waals surface area (Å²) in [4.78, 5) is 5.42. The first-order valence-electron chi connectivity index (χ1n) is 8.03. The van der Waals surface area contributed by atoms with Gasteiger partial charge in [-0.05, 0) is 37.3 Å². The number of hydrogen-bond acceptors (Lipinski definition) is 7. The monoisotopic (exact) mass is 375 g/mol. The minimum absolute atomic E-state index is 0.647. The van der Waals surface area contributed by atoms with Crippen molar-refractivity contribution >= 4 is 67.0 Å². The van der Waals surface area contributed by atoms with Crippen molar-refractivity contribution in [2.24, 2.45) is 20.5 Å². The number of rotatable bonds is 4. The number of nitrogens with zero attached hydrogens (tertiary/aromatic N) is 5. The van der Waals surface area contributed by atoms with E-state index in [2.05, 4.69) is 25.4 Å². The third kappa shape index (κ3) is 3.92. The Morgan fingerprint density at radius 1 is 0.808 bits per heavy atom. The molecule has 0 aliphatic heterocycles. The number of fused-ring (bicyclic) bond motifs is 1. The van der Waals surface area contributed by atoms with Crippen molar-refractivity contribution in [1.82, 2.24) is 4.98 Å². The van der Waals surface area contributed by atoms with E-state index in [-0.39, 0.29) is 0 Å². The molecule has 126 valence electrons. The van der Waals surface area contributed by atoms with Crippen molar-refractivity contribution < 1.29 is 0 Å². The second-order valence-corrected chi connectivity index (χ2v) is 7.84. The number of benzene rings is 2. The maximum Gasteiger partial charge on any atom is 0.231 e. The second kappa shape index (κ2) is 7.27. The van der Waals surface area contributed by atoms with Gasteiger partial charge in [-0.1, -0.05) is 58.0 Å². The molecule has 0 fully saturated rings. The van der Waals surface area contributed by atoms with Crippen LogP contribution in [0.1, 0.15) is 5.56 Å². The third-order valence-electron chi connectivity index (χ3n) is 3.65. The normalized spacial score (nSPS) is 11.9. The highest BCUT2D eigenvalue weighted by molar-refractivity contribution is 7.30. The fourth-order valence-electron chi connectivity index (χ4n) is 2.23. The maximum absolute atomic E-state index is 4.51. The fourth-order valence-corrected chi connectivity index (χ4v) is 4.08. The van der Waals surface area contributed by atoms with Crippen molar-refractivity contribution in [3.63, 3.8) is 0 Å². The van der Waals surface area contributed by atoms with Gasteiger partial charge in [-0.25, -0.2) is 4.98 Å². The zero-order valence-corrected chi connectivity index (χ0v) is 15.9. The molecule has 0 bridgehead atoms. The summed E-state index contributed by atoms with van der Waals surface area (Å²) < 4.78 is 1.05. The van der Waals surface area contributed by atoms with Gasteiger partial charge in [-0.3, -0.25) is 0 Å². The highest BCUT2D eigenvalue weighted by Gasteiger charge is 2.08. The van der Waals surface area contributed by atoms with Crippen LogP contribution < -0.4 is 5.46 Å². The summed E-state index contributed by atoms with van der Waals surface area (Å²) in [6.45, 7) is 2.05. The van der Waals surface area contributed by atoms with E-state index in [1.807, 2.05) is 69.4 Å². The molecule has 5 nitrogen and oxygen atoms in total. The van der Waals surface area contributed by atoms with Crippen molar-refractivity contribution in [2.75, 3.05) is 0 Å². The first kappa shape index (κ1) is 16.7. The minimum atomic E-state index is 0.647. The molecule has 0 amide bonds. The number of thiophene rings is 1. The lowest BCUT2D eigenvalue weighted by Gasteiger charge is -1.92. The SMILES string of the molecule is Bc1ccc(N=Nc2nc3sc(N=Nc4ccc(C)cc4)cc3s2)cc1. The van der Waals surface area contributed by atoms with Crippen molar-refractivity contribution in [3.8, 4) is 0 Å². The Bertz CT molecular complexity index is 979. The van der Waals surface area contributed by atoms with Crippen LogP contribution in [0.15, 0.2) is 75.1 Å². The summed E-state index contributed by atoms with van der Waals surface area (Å²) in [5.41, 5.74) is 4.07. The van der Waals surface area contributed by atoms with E-state index in [0.29, 0.717) is 5.13 Å². The van der Waals surface area contributed by atoms with Gasteiger partial charge in [0.15, 0.2) is 0 Å². The van der Waals surface area contributed by atoms with E-state index < -0.39 is 0 Å². The van der Waals surface area contributed by atoms with E-state index in [1.54, 1.807) is 0 Å². The molecule has 8 heteroatoms. The molecular formula is C18H14BN5S2. The van der Waals surface area contributed by atoms with E-state index in [9.17, 15) is 0 Å². The summed E-state index contributed by atoms with van der Waals surface area (Å²) in [6.07, 6.45) is 0. The molecule has 0 unspecified atom stereocenters. The van der Waals surface area contributed by atoms with Crippen LogP contribution in [0.4, 0.5) is 21.5 Å². The predicted octanol–water partition coefficient (Wildman–Crippen LogP) is 5.76. The first-order valence-corrected chi connectivity index (χ1v) is 9.66. The molecule has 0 aliphatic rings. The van der Waals surface area contributed by atoms with Crippen LogP contribution in [-0.4, -0.2) is 12.8 Å². The molecule has 2 heterocycles. The highest BCUT2D eigenvalue weighted by Crippen LogP contribution is 2.39. The molecule has 2 aromatic carbocycles. The Morgan fingerprint density at radius 2 is 1.46 bits per heavy atom. The molecule has 2 aromatic heterocycles. The summed E-state index contributed by atoms with van der Waals surface area (Å²) in [5, 5.41) is 18.5. The van der Waals surface area contributed by atoms with Crippen LogP contribution in [0.2, 0.25) is 0 Å². The number of azo groups is 2. The van der Waals surface area contributed by atoms with Gasteiger partial charge in [-0.15, -0.1) is 20.5 Å². The Kier molecular flexibility index (Phi) is 4.68. The number of hydrogen-bond donors (Lipinski definition) is 0. The van der Waals surface area contributed by atoms with E-state index in [4.69, 9.17) is 0 Å². The Balaban J connectivity index is 1.50. The van der Waals surface area contributed by atoms with E-state index >= 15 is 0 Å². The summed E-state index contributed by atoms with van der Waals surface area (Å²) in [5.74, 6) is 0. The standard InChI is InChI=1S/C18H14BN5S2/c1-11-2-6-13(7-3-11)21-23-16-10-15-17(26-16)20-18(25-15)24-22-14-8-4-12(19)5-9-14/h2-10H,19H2,1H3. The van der Waals surface area contributed by atoms with Gasteiger partial charge in [0.25, 0.3) is 0 Å². The lowest BCUT2D eigenvalue weighted by Crippen LogP contribution is -1.97. The molecule has 0 N–H and O–H groups in total. The predicted molar refractivity (Wildman–Crippen MR) is 112 cm³/mol. The van der Waals surface area contributed by atoms with Gasteiger partial charge in [0, 0.05) is 0 Å². The largest absolute Gasteiger partial charge is 0.231 e. The average Bonchev–Trinajstić information content (AvgIpc) is 3.19. The Labute approximate surface area is 159 Å². The van der Waals surface area contributed by atoms with Gasteiger partial charge >= 0.3 is 0 Å². The average molecular weight is 375 g/mol. The molecule has 4 aromatic rings. The smallest absolute Gasteiger partial charge is 0.206 e. The number of aryl methyl sites for hydroxylation is 1. The van der Waals surface area contributed by atoms with E-state index in [0.717, 1.165) is 25.9 Å². The van der Waals surface area contributed by atoms with Crippen LogP contribution in [-0.2, 0) is 0 Å². The molecule has 0 atom stereocenters. The van der Waals surface area contributed by atoms with Crippen LogP contribution in [0.25, 0.3) is 9.53 Å². The van der Waals surface area contributed by atoms with Gasteiger partial charge in [-0.2, -0.15) is 0 Å². The number of thiazole rings is 1. The van der Waals surface area contributed by atoms with Gasteiger partial charge in [0.1, 0.15) is 17.7 Å². The fraction of sp³-hybridized carbons (Fsp3) is 0.0556. The third-order valence-corrected chi connectivity index (χ3v) is 5.58. The quantitative estimate of drug-likeness (QED) is 0.331. The Morgan fingerprint density at radius 3 is 2.15 bits per heavy atom. The molecule has 0 spiro atoms. The van der Waals surface area contributed by atoms with Crippen molar-refractivity contribution in [1.29, 1.82) is 0 Å². The number of aromatic nitrogens is 1. The topological polar surface area (TPSA) is 62.3 Å². The highest BCUT2D eigenvalue weighted by atomic mass is 32.1. The lowest BCUT2D eigenvalue weighted by molar-refractivity contribution is 1.21. The van der Waals surface area contributed by atoms with Gasteiger partial charge in [0.05, 0.1) is 16.1 Å². The summed E-state index contributed by atoms with van der Waals surface area (Å²) in [6, 6.07) is 17.9. The zero-order chi connectivity index (χ0) is 17.9. The molecule has 0 saturated carbocycles. The van der Waals surface area contributed by atoms with Crippen molar-refractivity contribution in [2.45, 2.75) is 6.92 Å². The second-order valence-electron chi connectivity index (χ2n) is 5.82. The molecular weight excluding hydrogens is 361 g/mol. The van der Waals surface area contributed by atoms with Crippen LogP contribution in [0.5, 0.6) is 0 Å². The minimum Gasteiger partial charge on any atom is -0.206 e. The van der Waals surface area contributed by atoms with Gasteiger partial charge in [0.2, 0.25) is 5.13 Å². The molecule has 0 aliphatic carbocycles. The maximum atomic E-state index is 4.51. The van der Waals surface area contributed by atoms with Crippen molar-refractivity contribution in [3.05, 3.63) is 60.2 Å². The molecule has 4 rings (SSSR count). The zero-order valence-electron chi connectivity index (χ0n) is 14.2. The first-order chi connectivity index (χ1) is 12.7. The summed E-state index contributed by atoms with van der Waals surface area (Å²) in [7, 11) is 2.05. The van der Waals surface area contributed by atoms with Gasteiger partial charge < -0.3 is 0 Å².